The Morgan fingerprint density at radius 3 is 1.94 bits per heavy atom. The summed E-state index contributed by atoms with van der Waals surface area (Å²) < 4.78 is 11.6. The van der Waals surface area contributed by atoms with Gasteiger partial charge >= 0.3 is 0 Å². The molecule has 3 aromatic carbocycles. The third kappa shape index (κ3) is 10.6. The number of amides is 1. The second-order valence-corrected chi connectivity index (χ2v) is 8.65. The molecule has 0 aliphatic rings. The van der Waals surface area contributed by atoms with Crippen molar-refractivity contribution in [3.8, 4) is 11.5 Å². The van der Waals surface area contributed by atoms with Crippen LogP contribution in [0.5, 0.6) is 11.5 Å². The van der Waals surface area contributed by atoms with Gasteiger partial charge in [-0.25, -0.2) is 0 Å². The monoisotopic (exact) mass is 474 g/mol. The highest BCUT2D eigenvalue weighted by molar-refractivity contribution is 5.93. The van der Waals surface area contributed by atoms with Gasteiger partial charge in [0.1, 0.15) is 11.5 Å². The van der Waals surface area contributed by atoms with Crippen LogP contribution in [0.2, 0.25) is 0 Å². The van der Waals surface area contributed by atoms with Crippen molar-refractivity contribution in [2.45, 2.75) is 51.9 Å². The van der Waals surface area contributed by atoms with Crippen molar-refractivity contribution in [1.29, 1.82) is 0 Å². The first-order valence-electron chi connectivity index (χ1n) is 12.8. The molecule has 1 amide bonds. The van der Waals surface area contributed by atoms with Crippen molar-refractivity contribution in [3.63, 3.8) is 0 Å². The Morgan fingerprint density at radius 2 is 1.29 bits per heavy atom. The molecule has 35 heavy (non-hydrogen) atoms. The summed E-state index contributed by atoms with van der Waals surface area (Å²) in [5.41, 5.74) is 2.96. The number of hydrogen-bond donors (Lipinski definition) is 2. The highest BCUT2D eigenvalue weighted by Crippen LogP contribution is 2.18. The number of carbonyl (C=O) groups is 1. The van der Waals surface area contributed by atoms with Crippen molar-refractivity contribution in [2.75, 3.05) is 30.4 Å². The number of benzene rings is 3. The molecule has 0 spiro atoms. The van der Waals surface area contributed by atoms with Gasteiger partial charge in [0.15, 0.2) is 0 Å². The van der Waals surface area contributed by atoms with Crippen LogP contribution in [0.3, 0.4) is 0 Å². The maximum atomic E-state index is 12.3. The molecule has 3 aromatic rings. The molecule has 0 saturated heterocycles. The van der Waals surface area contributed by atoms with Crippen molar-refractivity contribution >= 4 is 17.3 Å². The summed E-state index contributed by atoms with van der Waals surface area (Å²) >= 11 is 0. The fourth-order valence-electron chi connectivity index (χ4n) is 3.70. The van der Waals surface area contributed by atoms with Crippen molar-refractivity contribution in [1.82, 2.24) is 0 Å². The number of anilines is 2. The van der Waals surface area contributed by atoms with Crippen molar-refractivity contribution < 1.29 is 14.3 Å². The Morgan fingerprint density at radius 1 is 0.686 bits per heavy atom. The molecule has 0 unspecified atom stereocenters. The fourth-order valence-corrected chi connectivity index (χ4v) is 3.70. The van der Waals surface area contributed by atoms with Crippen LogP contribution in [0.25, 0.3) is 0 Å². The highest BCUT2D eigenvalue weighted by atomic mass is 16.5. The maximum absolute atomic E-state index is 12.3. The van der Waals surface area contributed by atoms with Gasteiger partial charge in [0.2, 0.25) is 5.91 Å². The van der Waals surface area contributed by atoms with Gasteiger partial charge in [-0.2, -0.15) is 0 Å². The minimum absolute atomic E-state index is 0.101. The number of rotatable bonds is 16. The first kappa shape index (κ1) is 26.1. The van der Waals surface area contributed by atoms with Gasteiger partial charge in [0, 0.05) is 11.4 Å². The molecule has 3 rings (SSSR count). The van der Waals surface area contributed by atoms with Crippen LogP contribution in [-0.4, -0.2) is 25.7 Å². The summed E-state index contributed by atoms with van der Waals surface area (Å²) in [6.45, 7) is 3.81. The van der Waals surface area contributed by atoms with Crippen molar-refractivity contribution in [3.05, 3.63) is 84.4 Å². The molecule has 0 aromatic heterocycles. The van der Waals surface area contributed by atoms with E-state index in [1.165, 1.54) is 31.2 Å². The molecule has 0 radical (unpaired) electrons. The third-order valence-corrected chi connectivity index (χ3v) is 5.68. The van der Waals surface area contributed by atoms with Crippen LogP contribution in [0.4, 0.5) is 11.4 Å². The zero-order chi connectivity index (χ0) is 24.6. The maximum Gasteiger partial charge on any atom is 0.243 e. The largest absolute Gasteiger partial charge is 0.494 e. The lowest BCUT2D eigenvalue weighted by Crippen LogP contribution is -2.21. The van der Waals surface area contributed by atoms with E-state index in [-0.39, 0.29) is 12.5 Å². The molecule has 0 heterocycles. The summed E-state index contributed by atoms with van der Waals surface area (Å²) in [6.07, 6.45) is 8.07. The Hall–Kier alpha value is -3.47. The molecule has 0 saturated carbocycles. The highest BCUT2D eigenvalue weighted by Gasteiger charge is 2.04. The Labute approximate surface area is 209 Å². The van der Waals surface area contributed by atoms with E-state index >= 15 is 0 Å². The van der Waals surface area contributed by atoms with Gasteiger partial charge < -0.3 is 20.1 Å². The standard InChI is InChI=1S/C30H38N2O3/c1-2-3-4-5-9-22-34-29-20-16-27(17-21-29)32-30(33)24-31-26-14-18-28(19-15-26)35-23-10-13-25-11-7-6-8-12-25/h6-8,11-12,14-21,31H,2-5,9-10,13,22-24H2,1H3,(H,32,33). The van der Waals surface area contributed by atoms with Gasteiger partial charge in [-0.05, 0) is 73.4 Å². The minimum atomic E-state index is -0.101. The van der Waals surface area contributed by atoms with Gasteiger partial charge in [-0.15, -0.1) is 0 Å². The van der Waals surface area contributed by atoms with E-state index in [2.05, 4.69) is 41.8 Å². The second kappa shape index (κ2) is 15.4. The first-order valence-corrected chi connectivity index (χ1v) is 12.8. The summed E-state index contributed by atoms with van der Waals surface area (Å²) in [5.74, 6) is 1.56. The van der Waals surface area contributed by atoms with E-state index in [4.69, 9.17) is 9.47 Å². The van der Waals surface area contributed by atoms with E-state index in [0.717, 1.165) is 48.7 Å². The summed E-state index contributed by atoms with van der Waals surface area (Å²) in [6, 6.07) is 25.6. The number of nitrogens with one attached hydrogen (secondary N) is 2. The number of aryl methyl sites for hydroxylation is 1. The molecule has 5 nitrogen and oxygen atoms in total. The molecular weight excluding hydrogens is 436 g/mol. The second-order valence-electron chi connectivity index (χ2n) is 8.65. The van der Waals surface area contributed by atoms with E-state index in [1.807, 2.05) is 54.6 Å². The number of ether oxygens (including phenoxy) is 2. The number of hydrogen-bond acceptors (Lipinski definition) is 4. The van der Waals surface area contributed by atoms with Crippen LogP contribution < -0.4 is 20.1 Å². The van der Waals surface area contributed by atoms with E-state index in [1.54, 1.807) is 0 Å². The van der Waals surface area contributed by atoms with Gasteiger partial charge in [-0.1, -0.05) is 62.9 Å². The molecule has 5 heteroatoms. The lowest BCUT2D eigenvalue weighted by molar-refractivity contribution is -0.114. The van der Waals surface area contributed by atoms with Gasteiger partial charge in [-0.3, -0.25) is 4.79 Å². The topological polar surface area (TPSA) is 59.6 Å². The lowest BCUT2D eigenvalue weighted by Gasteiger charge is -2.10. The van der Waals surface area contributed by atoms with E-state index in [0.29, 0.717) is 6.61 Å². The zero-order valence-electron chi connectivity index (χ0n) is 20.8. The molecule has 0 atom stereocenters. The van der Waals surface area contributed by atoms with Crippen LogP contribution in [0.15, 0.2) is 78.9 Å². The Balaban J connectivity index is 1.29. The third-order valence-electron chi connectivity index (χ3n) is 5.68. The average molecular weight is 475 g/mol. The molecule has 186 valence electrons. The lowest BCUT2D eigenvalue weighted by atomic mass is 10.1. The summed E-state index contributed by atoms with van der Waals surface area (Å²) in [4.78, 5) is 12.3. The average Bonchev–Trinajstić information content (AvgIpc) is 2.90. The minimum Gasteiger partial charge on any atom is -0.494 e. The fraction of sp³-hybridized carbons (Fsp3) is 0.367. The van der Waals surface area contributed by atoms with Gasteiger partial charge in [0.25, 0.3) is 0 Å². The van der Waals surface area contributed by atoms with Crippen LogP contribution in [0.1, 0.15) is 51.0 Å². The number of unbranched alkanes of at least 4 members (excludes halogenated alkanes) is 4. The Kier molecular flexibility index (Phi) is 11.5. The quantitative estimate of drug-likeness (QED) is 0.217. The smallest absolute Gasteiger partial charge is 0.243 e. The van der Waals surface area contributed by atoms with E-state index in [9.17, 15) is 4.79 Å². The molecule has 0 aliphatic carbocycles. The van der Waals surface area contributed by atoms with E-state index < -0.39 is 0 Å². The predicted molar refractivity (Wildman–Crippen MR) is 145 cm³/mol. The normalized spacial score (nSPS) is 10.5. The first-order chi connectivity index (χ1) is 17.2. The van der Waals surface area contributed by atoms with Crippen molar-refractivity contribution in [2.24, 2.45) is 0 Å². The molecule has 0 fully saturated rings. The van der Waals surface area contributed by atoms with Crippen LogP contribution in [-0.2, 0) is 11.2 Å². The predicted octanol–water partition coefficient (Wildman–Crippen LogP) is 7.10. The Bertz CT molecular complexity index is 973. The molecule has 0 aliphatic heterocycles. The summed E-state index contributed by atoms with van der Waals surface area (Å²) in [5, 5.41) is 6.06. The molecular formula is C30H38N2O3. The SMILES string of the molecule is CCCCCCCOc1ccc(NC(=O)CNc2ccc(OCCCc3ccccc3)cc2)cc1. The van der Waals surface area contributed by atoms with Crippen LogP contribution in [0, 0.1) is 0 Å². The molecule has 2 N–H and O–H groups in total. The van der Waals surface area contributed by atoms with Crippen LogP contribution >= 0.6 is 0 Å². The van der Waals surface area contributed by atoms with Gasteiger partial charge in [0.05, 0.1) is 19.8 Å². The number of carbonyl (C=O) groups excluding carboxylic acids is 1. The zero-order valence-corrected chi connectivity index (χ0v) is 20.8. The summed E-state index contributed by atoms with van der Waals surface area (Å²) in [7, 11) is 0. The molecule has 0 bridgehead atoms.